The highest BCUT2D eigenvalue weighted by Crippen LogP contribution is 2.38. The van der Waals surface area contributed by atoms with E-state index in [0.717, 1.165) is 12.0 Å². The van der Waals surface area contributed by atoms with Crippen LogP contribution < -0.4 is 0 Å². The highest BCUT2D eigenvalue weighted by atomic mass is 16.7. The van der Waals surface area contributed by atoms with Gasteiger partial charge in [-0.25, -0.2) is 4.79 Å². The molecule has 0 saturated heterocycles. The molecule has 1 heterocycles. The summed E-state index contributed by atoms with van der Waals surface area (Å²) >= 11 is 0. The number of esters is 1. The summed E-state index contributed by atoms with van der Waals surface area (Å²) in [6, 6.07) is 10.2. The van der Waals surface area contributed by atoms with Crippen molar-refractivity contribution in [2.45, 2.75) is 64.8 Å². The van der Waals surface area contributed by atoms with Gasteiger partial charge in [-0.1, -0.05) is 57.5 Å². The van der Waals surface area contributed by atoms with E-state index < -0.39 is 12.3 Å². The first-order valence-corrected chi connectivity index (χ1v) is 10.1. The van der Waals surface area contributed by atoms with Gasteiger partial charge in [-0.05, 0) is 42.2 Å². The standard InChI is InChI=1S/C23H32O4/c1-15(2)19-11-10-16(3)12-20(19)26-22-14-18(17-8-6-5-7-9-17)13-21(27-22)23(24)25-4/h5-9,13,15-16,18-20,22H,10-12,14H2,1-4H3/t16-,18-,19+,20-,22+/m1/s1. The Kier molecular flexibility index (Phi) is 6.59. The van der Waals surface area contributed by atoms with Crippen molar-refractivity contribution >= 4 is 5.97 Å². The Labute approximate surface area is 162 Å². The maximum absolute atomic E-state index is 12.1. The van der Waals surface area contributed by atoms with Crippen molar-refractivity contribution in [3.05, 3.63) is 47.7 Å². The molecule has 1 aromatic carbocycles. The molecule has 2 aliphatic rings. The lowest BCUT2D eigenvalue weighted by Crippen LogP contribution is -2.39. The summed E-state index contributed by atoms with van der Waals surface area (Å²) in [4.78, 5) is 12.1. The Bertz CT molecular complexity index is 652. The average Bonchev–Trinajstić information content (AvgIpc) is 2.67. The fraction of sp³-hybridized carbons (Fsp3) is 0.609. The summed E-state index contributed by atoms with van der Waals surface area (Å²) in [7, 11) is 1.38. The van der Waals surface area contributed by atoms with Crippen LogP contribution in [-0.2, 0) is 19.0 Å². The lowest BCUT2D eigenvalue weighted by atomic mass is 9.75. The van der Waals surface area contributed by atoms with Crippen LogP contribution in [0.1, 0.15) is 57.9 Å². The van der Waals surface area contributed by atoms with Crippen molar-refractivity contribution in [2.75, 3.05) is 7.11 Å². The Balaban J connectivity index is 1.78. The first-order valence-electron chi connectivity index (χ1n) is 10.1. The number of carbonyl (C=O) groups excluding carboxylic acids is 1. The van der Waals surface area contributed by atoms with Gasteiger partial charge in [-0.3, -0.25) is 0 Å². The predicted molar refractivity (Wildman–Crippen MR) is 105 cm³/mol. The third-order valence-corrected chi connectivity index (χ3v) is 5.96. The Morgan fingerprint density at radius 3 is 2.56 bits per heavy atom. The van der Waals surface area contributed by atoms with E-state index in [1.54, 1.807) is 0 Å². The molecule has 1 aromatic rings. The molecule has 1 aliphatic carbocycles. The Morgan fingerprint density at radius 1 is 1.15 bits per heavy atom. The van der Waals surface area contributed by atoms with Crippen molar-refractivity contribution < 1.29 is 19.0 Å². The summed E-state index contributed by atoms with van der Waals surface area (Å²) in [6.45, 7) is 6.83. The highest BCUT2D eigenvalue weighted by molar-refractivity contribution is 5.86. The first-order chi connectivity index (χ1) is 13.0. The molecular weight excluding hydrogens is 340 g/mol. The topological polar surface area (TPSA) is 44.8 Å². The molecule has 4 heteroatoms. The van der Waals surface area contributed by atoms with Gasteiger partial charge >= 0.3 is 5.97 Å². The minimum absolute atomic E-state index is 0.0811. The normalized spacial score (nSPS) is 31.1. The third-order valence-electron chi connectivity index (χ3n) is 5.96. The third kappa shape index (κ3) is 4.92. The maximum atomic E-state index is 12.1. The minimum atomic E-state index is -0.443. The number of rotatable bonds is 5. The smallest absolute Gasteiger partial charge is 0.373 e. The van der Waals surface area contributed by atoms with Gasteiger partial charge < -0.3 is 14.2 Å². The van der Waals surface area contributed by atoms with Crippen molar-refractivity contribution in [3.8, 4) is 0 Å². The molecule has 0 aromatic heterocycles. The van der Waals surface area contributed by atoms with Crippen molar-refractivity contribution in [1.82, 2.24) is 0 Å². The van der Waals surface area contributed by atoms with Gasteiger partial charge in [0.05, 0.1) is 13.2 Å². The summed E-state index contributed by atoms with van der Waals surface area (Å²) in [5.74, 6) is 1.67. The first kappa shape index (κ1) is 19.9. The molecule has 4 nitrogen and oxygen atoms in total. The van der Waals surface area contributed by atoms with Gasteiger partial charge in [-0.15, -0.1) is 0 Å². The van der Waals surface area contributed by atoms with Crippen molar-refractivity contribution in [2.24, 2.45) is 17.8 Å². The summed E-state index contributed by atoms with van der Waals surface area (Å²) < 4.78 is 17.3. The second-order valence-corrected chi connectivity index (χ2v) is 8.32. The number of ether oxygens (including phenoxy) is 3. The molecule has 0 radical (unpaired) electrons. The molecule has 0 bridgehead atoms. The Morgan fingerprint density at radius 2 is 1.89 bits per heavy atom. The van der Waals surface area contributed by atoms with Crippen LogP contribution in [0.15, 0.2) is 42.2 Å². The fourth-order valence-electron chi connectivity index (χ4n) is 4.39. The summed E-state index contributed by atoms with van der Waals surface area (Å²) in [5.41, 5.74) is 1.16. The molecule has 0 spiro atoms. The molecule has 3 rings (SSSR count). The lowest BCUT2D eigenvalue weighted by molar-refractivity contribution is -0.193. The van der Waals surface area contributed by atoms with Gasteiger partial charge in [0.1, 0.15) is 0 Å². The molecule has 148 valence electrons. The number of hydrogen-bond donors (Lipinski definition) is 0. The summed E-state index contributed by atoms with van der Waals surface area (Å²) in [6.07, 6.45) is 5.82. The molecular formula is C23H32O4. The lowest BCUT2D eigenvalue weighted by Gasteiger charge is -2.40. The van der Waals surface area contributed by atoms with Gasteiger partial charge in [0, 0.05) is 12.3 Å². The molecule has 5 atom stereocenters. The van der Waals surface area contributed by atoms with E-state index in [1.165, 1.54) is 20.0 Å². The van der Waals surface area contributed by atoms with Crippen LogP contribution in [0.3, 0.4) is 0 Å². The van der Waals surface area contributed by atoms with Crippen LogP contribution in [-0.4, -0.2) is 25.5 Å². The molecule has 1 aliphatic heterocycles. The number of methoxy groups -OCH3 is 1. The number of allylic oxidation sites excluding steroid dienone is 1. The number of carbonyl (C=O) groups is 1. The quantitative estimate of drug-likeness (QED) is 0.679. The van der Waals surface area contributed by atoms with Crippen LogP contribution >= 0.6 is 0 Å². The fourth-order valence-corrected chi connectivity index (χ4v) is 4.39. The van der Waals surface area contributed by atoms with Gasteiger partial charge in [0.15, 0.2) is 0 Å². The van der Waals surface area contributed by atoms with E-state index in [4.69, 9.17) is 14.2 Å². The zero-order valence-electron chi connectivity index (χ0n) is 16.9. The van der Waals surface area contributed by atoms with E-state index in [9.17, 15) is 4.79 Å². The second kappa shape index (κ2) is 8.92. The van der Waals surface area contributed by atoms with E-state index in [-0.39, 0.29) is 17.8 Å². The van der Waals surface area contributed by atoms with E-state index >= 15 is 0 Å². The monoisotopic (exact) mass is 372 g/mol. The van der Waals surface area contributed by atoms with Crippen molar-refractivity contribution in [1.29, 1.82) is 0 Å². The van der Waals surface area contributed by atoms with Gasteiger partial charge in [-0.2, -0.15) is 0 Å². The minimum Gasteiger partial charge on any atom is -0.463 e. The number of benzene rings is 1. The zero-order valence-corrected chi connectivity index (χ0v) is 16.9. The molecule has 1 saturated carbocycles. The van der Waals surface area contributed by atoms with E-state index in [2.05, 4.69) is 32.9 Å². The highest BCUT2D eigenvalue weighted by Gasteiger charge is 2.36. The van der Waals surface area contributed by atoms with Crippen LogP contribution in [0.4, 0.5) is 0 Å². The largest absolute Gasteiger partial charge is 0.463 e. The second-order valence-electron chi connectivity index (χ2n) is 8.32. The molecule has 0 amide bonds. The van der Waals surface area contributed by atoms with Gasteiger partial charge in [0.25, 0.3) is 0 Å². The maximum Gasteiger partial charge on any atom is 0.373 e. The average molecular weight is 373 g/mol. The molecule has 1 fully saturated rings. The summed E-state index contributed by atoms with van der Waals surface area (Å²) in [5, 5.41) is 0. The van der Waals surface area contributed by atoms with Gasteiger partial charge in [0.2, 0.25) is 12.0 Å². The van der Waals surface area contributed by atoms with Crippen LogP contribution in [0.25, 0.3) is 0 Å². The van der Waals surface area contributed by atoms with Crippen LogP contribution in [0.2, 0.25) is 0 Å². The molecule has 27 heavy (non-hydrogen) atoms. The zero-order chi connectivity index (χ0) is 19.4. The SMILES string of the molecule is COC(=O)C1=C[C@@H](c2ccccc2)C[C@@H](O[C@@H]2C[C@H](C)CC[C@H]2C(C)C)O1. The molecule has 0 N–H and O–H groups in total. The van der Waals surface area contributed by atoms with Crippen LogP contribution in [0, 0.1) is 17.8 Å². The molecule has 0 unspecified atom stereocenters. The Hall–Kier alpha value is -1.81. The predicted octanol–water partition coefficient (Wildman–Crippen LogP) is 5.05. The van der Waals surface area contributed by atoms with E-state index in [0.29, 0.717) is 24.2 Å². The van der Waals surface area contributed by atoms with Crippen LogP contribution in [0.5, 0.6) is 0 Å². The van der Waals surface area contributed by atoms with E-state index in [1.807, 2.05) is 24.3 Å². The number of hydrogen-bond acceptors (Lipinski definition) is 4. The van der Waals surface area contributed by atoms with Crippen molar-refractivity contribution in [3.63, 3.8) is 0 Å².